The SMILES string of the molecule is CN1[C@@H]2C[C@@H](OC(=O)[C@H](CO)c3ccccc3)C[C@H]1[C@@H]1O[C@@H]12.COS(=O)(=O)O. The molecule has 0 unspecified atom stereocenters. The molecule has 0 aliphatic carbocycles. The van der Waals surface area contributed by atoms with Crippen LogP contribution in [0.4, 0.5) is 0 Å². The van der Waals surface area contributed by atoms with Crippen LogP contribution in [0.1, 0.15) is 24.3 Å². The van der Waals surface area contributed by atoms with Crippen molar-refractivity contribution >= 4 is 16.4 Å². The Bertz CT molecular complexity index is 768. The highest BCUT2D eigenvalue weighted by Gasteiger charge is 2.62. The zero-order valence-electron chi connectivity index (χ0n) is 15.7. The number of likely N-dealkylation sites (N-methyl/N-ethyl adjacent to an activating group) is 1. The third-order valence-electron chi connectivity index (χ3n) is 5.54. The van der Waals surface area contributed by atoms with E-state index in [1.807, 2.05) is 30.3 Å². The second-order valence-electron chi connectivity index (χ2n) is 7.14. The van der Waals surface area contributed by atoms with Crippen molar-refractivity contribution in [2.75, 3.05) is 20.8 Å². The maximum absolute atomic E-state index is 12.4. The van der Waals surface area contributed by atoms with Crippen molar-refractivity contribution in [1.82, 2.24) is 4.90 Å². The molecule has 0 radical (unpaired) electrons. The van der Waals surface area contributed by atoms with E-state index in [4.69, 9.17) is 14.0 Å². The van der Waals surface area contributed by atoms with Crippen LogP contribution in [0.2, 0.25) is 0 Å². The van der Waals surface area contributed by atoms with E-state index in [0.29, 0.717) is 24.3 Å². The number of nitrogens with zero attached hydrogens (tertiary/aromatic N) is 1. The van der Waals surface area contributed by atoms with Crippen molar-refractivity contribution in [2.45, 2.75) is 49.2 Å². The number of hydrogen-bond acceptors (Lipinski definition) is 8. The summed E-state index contributed by atoms with van der Waals surface area (Å²) >= 11 is 0. The average Bonchev–Trinajstić information content (AvgIpc) is 3.41. The fraction of sp³-hybridized carbons (Fsp3) is 0.611. The molecule has 9 nitrogen and oxygen atoms in total. The summed E-state index contributed by atoms with van der Waals surface area (Å²) in [7, 11) is -1.16. The quantitative estimate of drug-likeness (QED) is 0.398. The fourth-order valence-corrected chi connectivity index (χ4v) is 4.04. The normalized spacial score (nSPS) is 31.9. The number of carbonyl (C=O) groups is 1. The van der Waals surface area contributed by atoms with E-state index in [0.717, 1.165) is 25.5 Å². The van der Waals surface area contributed by atoms with Crippen molar-refractivity contribution in [3.63, 3.8) is 0 Å². The highest BCUT2D eigenvalue weighted by Crippen LogP contribution is 2.48. The fourth-order valence-electron chi connectivity index (χ4n) is 4.04. The Hall–Kier alpha value is -1.56. The lowest BCUT2D eigenvalue weighted by Gasteiger charge is -2.38. The van der Waals surface area contributed by atoms with E-state index >= 15 is 0 Å². The van der Waals surface area contributed by atoms with E-state index in [1.165, 1.54) is 0 Å². The number of epoxide rings is 1. The second kappa shape index (κ2) is 8.44. The van der Waals surface area contributed by atoms with Crippen LogP contribution < -0.4 is 0 Å². The largest absolute Gasteiger partial charge is 0.462 e. The molecule has 3 aliphatic heterocycles. The third-order valence-corrected chi connectivity index (χ3v) is 5.96. The molecule has 1 aromatic rings. The summed E-state index contributed by atoms with van der Waals surface area (Å²) < 4.78 is 41.1. The lowest BCUT2D eigenvalue weighted by molar-refractivity contribution is -0.156. The Balaban J connectivity index is 0.000000330. The summed E-state index contributed by atoms with van der Waals surface area (Å²) in [5.41, 5.74) is 0.803. The molecule has 4 rings (SSSR count). The van der Waals surface area contributed by atoms with Crippen LogP contribution >= 0.6 is 0 Å². The first-order valence-electron chi connectivity index (χ1n) is 9.02. The van der Waals surface area contributed by atoms with Crippen molar-refractivity contribution in [2.24, 2.45) is 0 Å². The van der Waals surface area contributed by atoms with Gasteiger partial charge < -0.3 is 14.6 Å². The molecule has 6 atom stereocenters. The number of benzene rings is 1. The Morgan fingerprint density at radius 1 is 1.25 bits per heavy atom. The molecule has 3 saturated heterocycles. The molecular formula is C18H25NO8S. The molecule has 2 bridgehead atoms. The molecule has 28 heavy (non-hydrogen) atoms. The van der Waals surface area contributed by atoms with Crippen LogP contribution in [-0.2, 0) is 28.9 Å². The van der Waals surface area contributed by atoms with E-state index < -0.39 is 16.3 Å². The summed E-state index contributed by atoms with van der Waals surface area (Å²) in [5, 5.41) is 9.56. The second-order valence-corrected chi connectivity index (χ2v) is 8.32. The first-order chi connectivity index (χ1) is 13.2. The maximum Gasteiger partial charge on any atom is 0.397 e. The number of fused-ring (bicyclic) bond motifs is 5. The van der Waals surface area contributed by atoms with Gasteiger partial charge in [0.2, 0.25) is 0 Å². The predicted octanol–water partition coefficient (Wildman–Crippen LogP) is 0.354. The van der Waals surface area contributed by atoms with Gasteiger partial charge in [0.05, 0.1) is 13.7 Å². The van der Waals surface area contributed by atoms with Crippen LogP contribution in [0.5, 0.6) is 0 Å². The van der Waals surface area contributed by atoms with Gasteiger partial charge in [0.15, 0.2) is 0 Å². The monoisotopic (exact) mass is 415 g/mol. The number of rotatable bonds is 5. The van der Waals surface area contributed by atoms with Gasteiger partial charge in [0.1, 0.15) is 24.2 Å². The smallest absolute Gasteiger partial charge is 0.397 e. The zero-order chi connectivity index (χ0) is 20.5. The van der Waals surface area contributed by atoms with Crippen molar-refractivity contribution in [1.29, 1.82) is 0 Å². The third kappa shape index (κ3) is 4.70. The molecular weight excluding hydrogens is 390 g/mol. The van der Waals surface area contributed by atoms with Crippen LogP contribution in [0.15, 0.2) is 30.3 Å². The molecule has 0 saturated carbocycles. The van der Waals surface area contributed by atoms with E-state index in [9.17, 15) is 18.3 Å². The van der Waals surface area contributed by atoms with Crippen molar-refractivity contribution < 1.29 is 36.5 Å². The molecule has 0 aromatic heterocycles. The first kappa shape index (κ1) is 21.2. The van der Waals surface area contributed by atoms with Gasteiger partial charge in [-0.05, 0) is 12.6 Å². The number of aliphatic hydroxyl groups excluding tert-OH is 1. The van der Waals surface area contributed by atoms with Gasteiger partial charge >= 0.3 is 16.4 Å². The number of esters is 1. The highest BCUT2D eigenvalue weighted by atomic mass is 32.3. The van der Waals surface area contributed by atoms with Crippen LogP contribution in [0.3, 0.4) is 0 Å². The minimum absolute atomic E-state index is 0.0622. The van der Waals surface area contributed by atoms with Gasteiger partial charge in [0, 0.05) is 24.9 Å². The lowest BCUT2D eigenvalue weighted by atomic mass is 9.97. The van der Waals surface area contributed by atoms with Crippen molar-refractivity contribution in [3.05, 3.63) is 35.9 Å². The average molecular weight is 415 g/mol. The molecule has 0 spiro atoms. The molecule has 156 valence electrons. The van der Waals surface area contributed by atoms with Gasteiger partial charge in [-0.3, -0.25) is 18.4 Å². The Kier molecular flexibility index (Phi) is 6.37. The number of hydrogen-bond donors (Lipinski definition) is 2. The lowest BCUT2D eigenvalue weighted by Crippen LogP contribution is -2.48. The molecule has 10 heteroatoms. The van der Waals surface area contributed by atoms with Crippen LogP contribution in [-0.4, -0.2) is 80.1 Å². The first-order valence-corrected chi connectivity index (χ1v) is 10.4. The zero-order valence-corrected chi connectivity index (χ0v) is 16.5. The summed E-state index contributed by atoms with van der Waals surface area (Å²) in [6.07, 6.45) is 2.26. The summed E-state index contributed by atoms with van der Waals surface area (Å²) in [5.74, 6) is -0.915. The molecule has 0 amide bonds. The van der Waals surface area contributed by atoms with Gasteiger partial charge in [0.25, 0.3) is 0 Å². The summed E-state index contributed by atoms with van der Waals surface area (Å²) in [6, 6.07) is 10.1. The number of ether oxygens (including phenoxy) is 2. The summed E-state index contributed by atoms with van der Waals surface area (Å²) in [4.78, 5) is 14.8. The number of piperidine rings is 1. The standard InChI is InChI=1S/C17H21NO4.CH4O4S/c1-18-13-7-11(8-14(18)16-15(13)22-16)21-17(20)12(9-19)10-5-3-2-4-6-10;1-5-6(2,3)4/h2-6,11-16,19H,7-9H2,1H3;1H3,(H,2,3,4)/t11-,12-,13-,14+,15-,16+;/m1./s1. The topological polar surface area (TPSA) is 126 Å². The van der Waals surface area contributed by atoms with Gasteiger partial charge in [-0.2, -0.15) is 8.42 Å². The minimum atomic E-state index is -4.16. The molecule has 2 N–H and O–H groups in total. The van der Waals surface area contributed by atoms with Gasteiger partial charge in [-0.1, -0.05) is 30.3 Å². The van der Waals surface area contributed by atoms with E-state index in [2.05, 4.69) is 16.1 Å². The Morgan fingerprint density at radius 3 is 2.25 bits per heavy atom. The number of aliphatic hydroxyl groups is 1. The van der Waals surface area contributed by atoms with Gasteiger partial charge in [-0.15, -0.1) is 0 Å². The molecule has 1 aromatic carbocycles. The maximum atomic E-state index is 12.4. The molecule has 3 fully saturated rings. The van der Waals surface area contributed by atoms with Crippen molar-refractivity contribution in [3.8, 4) is 0 Å². The number of carbonyl (C=O) groups excluding carboxylic acids is 1. The van der Waals surface area contributed by atoms with E-state index in [-0.39, 0.29) is 18.7 Å². The molecule has 3 heterocycles. The Morgan fingerprint density at radius 2 is 1.79 bits per heavy atom. The summed E-state index contributed by atoms with van der Waals surface area (Å²) in [6.45, 7) is -0.226. The van der Waals surface area contributed by atoms with Gasteiger partial charge in [-0.25, -0.2) is 0 Å². The minimum Gasteiger partial charge on any atom is -0.462 e. The van der Waals surface area contributed by atoms with Crippen LogP contribution in [0, 0.1) is 0 Å². The highest BCUT2D eigenvalue weighted by molar-refractivity contribution is 7.80. The molecule has 3 aliphatic rings. The predicted molar refractivity (Wildman–Crippen MR) is 97.9 cm³/mol. The van der Waals surface area contributed by atoms with Crippen LogP contribution in [0.25, 0.3) is 0 Å². The Labute approximate surface area is 164 Å². The number of morpholine rings is 1. The van der Waals surface area contributed by atoms with E-state index in [1.54, 1.807) is 0 Å².